The highest BCUT2D eigenvalue weighted by Gasteiger charge is 2.35. The predicted octanol–water partition coefficient (Wildman–Crippen LogP) is 0.518. The van der Waals surface area contributed by atoms with Crippen molar-refractivity contribution in [2.75, 3.05) is 25.4 Å². The Hall–Kier alpha value is -0.910. The Kier molecular flexibility index (Phi) is 4.76. The first-order valence-corrected chi connectivity index (χ1v) is 7.80. The number of hydrogen-bond acceptors (Lipinski definition) is 3. The molecule has 1 N–H and O–H groups in total. The van der Waals surface area contributed by atoms with E-state index in [1.54, 1.807) is 25.7 Å². The lowest BCUT2D eigenvalue weighted by atomic mass is 9.96. The Morgan fingerprint density at radius 2 is 1.89 bits per heavy atom. The van der Waals surface area contributed by atoms with E-state index >= 15 is 0 Å². The van der Waals surface area contributed by atoms with Crippen molar-refractivity contribution in [2.45, 2.75) is 39.4 Å². The van der Waals surface area contributed by atoms with Crippen LogP contribution in [-0.2, 0) is 20.4 Å². The summed E-state index contributed by atoms with van der Waals surface area (Å²) in [7, 11) is -0.896. The van der Waals surface area contributed by atoms with E-state index in [0.29, 0.717) is 18.8 Å². The Balaban J connectivity index is 2.52. The highest BCUT2D eigenvalue weighted by molar-refractivity contribution is 7.86. The summed E-state index contributed by atoms with van der Waals surface area (Å²) in [4.78, 5) is 25.4. The molecule has 1 saturated heterocycles. The third kappa shape index (κ3) is 4.30. The number of nitrogens with one attached hydrogen (secondary N) is 1. The predicted molar refractivity (Wildman–Crippen MR) is 76.1 cm³/mol. The van der Waals surface area contributed by atoms with Crippen LogP contribution in [-0.4, -0.2) is 51.1 Å². The molecule has 5 nitrogen and oxygen atoms in total. The van der Waals surface area contributed by atoms with Crippen LogP contribution in [0.15, 0.2) is 0 Å². The van der Waals surface area contributed by atoms with Gasteiger partial charge in [-0.1, -0.05) is 20.8 Å². The molecule has 1 heterocycles. The molecule has 19 heavy (non-hydrogen) atoms. The number of carbonyl (C=O) groups is 2. The molecular formula is C13H24N2O3S. The van der Waals surface area contributed by atoms with E-state index in [1.807, 2.05) is 13.8 Å². The van der Waals surface area contributed by atoms with Crippen LogP contribution in [0.25, 0.3) is 0 Å². The summed E-state index contributed by atoms with van der Waals surface area (Å²) < 4.78 is 11.4. The molecule has 0 saturated carbocycles. The van der Waals surface area contributed by atoms with Gasteiger partial charge >= 0.3 is 0 Å². The van der Waals surface area contributed by atoms with Gasteiger partial charge in [0.2, 0.25) is 11.8 Å². The summed E-state index contributed by atoms with van der Waals surface area (Å²) >= 11 is 0. The van der Waals surface area contributed by atoms with Crippen molar-refractivity contribution >= 4 is 22.6 Å². The van der Waals surface area contributed by atoms with Crippen LogP contribution in [0.2, 0.25) is 0 Å². The zero-order valence-corrected chi connectivity index (χ0v) is 13.2. The van der Waals surface area contributed by atoms with Gasteiger partial charge < -0.3 is 10.2 Å². The Morgan fingerprint density at radius 3 is 2.37 bits per heavy atom. The molecule has 0 unspecified atom stereocenters. The van der Waals surface area contributed by atoms with Gasteiger partial charge in [0.1, 0.15) is 0 Å². The molecule has 0 aromatic carbocycles. The molecule has 1 aliphatic rings. The summed E-state index contributed by atoms with van der Waals surface area (Å²) in [6.07, 6.45) is 0. The lowest BCUT2D eigenvalue weighted by Crippen LogP contribution is -2.54. The van der Waals surface area contributed by atoms with Crippen LogP contribution in [0.1, 0.15) is 34.6 Å². The molecule has 0 spiro atoms. The average Bonchev–Trinajstić information content (AvgIpc) is 2.27. The van der Waals surface area contributed by atoms with Crippen molar-refractivity contribution in [3.05, 3.63) is 0 Å². The van der Waals surface area contributed by atoms with Crippen molar-refractivity contribution in [2.24, 2.45) is 5.41 Å². The van der Waals surface area contributed by atoms with Gasteiger partial charge in [-0.25, -0.2) is 0 Å². The molecule has 1 fully saturated rings. The highest BCUT2D eigenvalue weighted by atomic mass is 32.2. The van der Waals surface area contributed by atoms with E-state index in [0.717, 1.165) is 0 Å². The number of nitrogens with zero attached hydrogens (tertiary/aromatic N) is 1. The first-order chi connectivity index (χ1) is 8.54. The Labute approximate surface area is 117 Å². The standard InChI is InChI=1S/C13H24N2O3S/c1-12(2,3)11(17)14-8-10(16)15-6-7-19(18)13(4,5)9-15/h6-9H2,1-5H3,(H,14,17)/t19-/m0/s1. The molecule has 0 aromatic rings. The van der Waals surface area contributed by atoms with E-state index in [2.05, 4.69) is 5.32 Å². The third-order valence-electron chi connectivity index (χ3n) is 3.17. The van der Waals surface area contributed by atoms with Crippen LogP contribution >= 0.6 is 0 Å². The Bertz CT molecular complexity index is 399. The molecular weight excluding hydrogens is 264 g/mol. The van der Waals surface area contributed by atoms with Crippen molar-refractivity contribution in [1.29, 1.82) is 0 Å². The summed E-state index contributed by atoms with van der Waals surface area (Å²) in [5.74, 6) is 0.259. The van der Waals surface area contributed by atoms with E-state index in [-0.39, 0.29) is 23.1 Å². The fourth-order valence-corrected chi connectivity index (χ4v) is 3.06. The molecule has 0 aliphatic carbocycles. The van der Waals surface area contributed by atoms with Crippen LogP contribution in [0, 0.1) is 5.41 Å². The van der Waals surface area contributed by atoms with Crippen LogP contribution in [0.4, 0.5) is 0 Å². The molecule has 1 rings (SSSR count). The number of amides is 2. The number of hydrogen-bond donors (Lipinski definition) is 1. The van der Waals surface area contributed by atoms with Gasteiger partial charge in [0, 0.05) is 35.1 Å². The number of rotatable bonds is 2. The molecule has 0 radical (unpaired) electrons. The lowest BCUT2D eigenvalue weighted by molar-refractivity contribution is -0.135. The van der Waals surface area contributed by atoms with Crippen LogP contribution in [0.3, 0.4) is 0 Å². The van der Waals surface area contributed by atoms with E-state index in [4.69, 9.17) is 0 Å². The van der Waals surface area contributed by atoms with Gasteiger partial charge in [0.05, 0.1) is 11.3 Å². The quantitative estimate of drug-likeness (QED) is 0.805. The molecule has 1 atom stereocenters. The minimum Gasteiger partial charge on any atom is -0.347 e. The van der Waals surface area contributed by atoms with Gasteiger partial charge in [0.15, 0.2) is 0 Å². The van der Waals surface area contributed by atoms with Gasteiger partial charge in [-0.3, -0.25) is 13.8 Å². The first kappa shape index (κ1) is 16.1. The first-order valence-electron chi connectivity index (χ1n) is 6.48. The smallest absolute Gasteiger partial charge is 0.242 e. The zero-order valence-electron chi connectivity index (χ0n) is 12.4. The molecule has 2 amide bonds. The maximum atomic E-state index is 12.0. The maximum absolute atomic E-state index is 12.0. The largest absolute Gasteiger partial charge is 0.347 e. The SMILES string of the molecule is CC(C)(C)C(=O)NCC(=O)N1CC[S@](=O)C(C)(C)C1. The Morgan fingerprint density at radius 1 is 1.32 bits per heavy atom. The molecule has 6 heteroatoms. The minimum atomic E-state index is -0.896. The van der Waals surface area contributed by atoms with Gasteiger partial charge in [-0.15, -0.1) is 0 Å². The van der Waals surface area contributed by atoms with E-state index in [9.17, 15) is 13.8 Å². The highest BCUT2D eigenvalue weighted by Crippen LogP contribution is 2.20. The monoisotopic (exact) mass is 288 g/mol. The van der Waals surface area contributed by atoms with Gasteiger partial charge in [-0.05, 0) is 13.8 Å². The van der Waals surface area contributed by atoms with Crippen molar-refractivity contribution in [3.63, 3.8) is 0 Å². The second-order valence-electron chi connectivity index (χ2n) is 6.56. The topological polar surface area (TPSA) is 66.5 Å². The maximum Gasteiger partial charge on any atom is 0.242 e. The summed E-state index contributed by atoms with van der Waals surface area (Å²) in [5, 5.41) is 2.65. The van der Waals surface area contributed by atoms with Crippen LogP contribution < -0.4 is 5.32 Å². The summed E-state index contributed by atoms with van der Waals surface area (Å²) in [6.45, 7) is 10.2. The number of carbonyl (C=O) groups excluding carboxylic acids is 2. The van der Waals surface area contributed by atoms with E-state index < -0.39 is 16.2 Å². The minimum absolute atomic E-state index is 0.0127. The average molecular weight is 288 g/mol. The van der Waals surface area contributed by atoms with Gasteiger partial charge in [-0.2, -0.15) is 0 Å². The lowest BCUT2D eigenvalue weighted by Gasteiger charge is -2.37. The van der Waals surface area contributed by atoms with Gasteiger partial charge in [0.25, 0.3) is 0 Å². The molecule has 1 aliphatic heterocycles. The second-order valence-corrected chi connectivity index (χ2v) is 8.76. The second kappa shape index (κ2) is 5.61. The van der Waals surface area contributed by atoms with Crippen LogP contribution in [0.5, 0.6) is 0 Å². The fraction of sp³-hybridized carbons (Fsp3) is 0.846. The molecule has 0 aromatic heterocycles. The normalized spacial score (nSPS) is 23.0. The van der Waals surface area contributed by atoms with E-state index in [1.165, 1.54) is 0 Å². The fourth-order valence-electron chi connectivity index (χ4n) is 1.83. The third-order valence-corrected chi connectivity index (χ3v) is 5.08. The molecule has 110 valence electrons. The summed E-state index contributed by atoms with van der Waals surface area (Å²) in [6, 6.07) is 0. The zero-order chi connectivity index (χ0) is 14.8. The van der Waals surface area contributed by atoms with Crippen molar-refractivity contribution < 1.29 is 13.8 Å². The van der Waals surface area contributed by atoms with Crippen molar-refractivity contribution in [1.82, 2.24) is 10.2 Å². The molecule has 0 bridgehead atoms. The summed E-state index contributed by atoms with van der Waals surface area (Å²) in [5.41, 5.74) is -0.497. The van der Waals surface area contributed by atoms with Crippen molar-refractivity contribution in [3.8, 4) is 0 Å².